The number of hydrogen-bond acceptors (Lipinski definition) is 5. The topological polar surface area (TPSA) is 95.9 Å². The van der Waals surface area contributed by atoms with E-state index >= 15 is 0 Å². The molecular formula is C19H24N2O5S. The Bertz CT molecular complexity index is 869. The molecule has 1 atom stereocenters. The van der Waals surface area contributed by atoms with Crippen LogP contribution in [0.15, 0.2) is 59.5 Å². The Morgan fingerprint density at radius 1 is 1.15 bits per heavy atom. The van der Waals surface area contributed by atoms with Crippen molar-refractivity contribution in [3.8, 4) is 5.75 Å². The van der Waals surface area contributed by atoms with Crippen LogP contribution < -0.4 is 10.2 Å². The number of ether oxygens (including phenoxy) is 1. The molecule has 2 N–H and O–H groups in total. The van der Waals surface area contributed by atoms with Gasteiger partial charge in [0.15, 0.2) is 0 Å². The van der Waals surface area contributed by atoms with E-state index in [-0.39, 0.29) is 17.4 Å². The molecule has 0 radical (unpaired) electrons. The number of methoxy groups -OCH3 is 1. The van der Waals surface area contributed by atoms with Gasteiger partial charge in [-0.3, -0.25) is 10.0 Å². The van der Waals surface area contributed by atoms with Gasteiger partial charge in [0.1, 0.15) is 11.8 Å². The fourth-order valence-electron chi connectivity index (χ4n) is 2.83. The summed E-state index contributed by atoms with van der Waals surface area (Å²) in [6.07, 6.45) is 0. The summed E-state index contributed by atoms with van der Waals surface area (Å²) in [7, 11) is -2.60. The first kappa shape index (κ1) is 20.9. The van der Waals surface area contributed by atoms with Gasteiger partial charge in [-0.05, 0) is 23.6 Å². The fraction of sp³-hybridized carbons (Fsp3) is 0.316. The maximum Gasteiger partial charge on any atom is 0.262 e. The average Bonchev–Trinajstić information content (AvgIpc) is 2.67. The van der Waals surface area contributed by atoms with E-state index in [0.717, 1.165) is 9.87 Å². The number of hydrogen-bond donors (Lipinski definition) is 2. The Balaban J connectivity index is 2.57. The van der Waals surface area contributed by atoms with Crippen LogP contribution in [0.1, 0.15) is 19.4 Å². The van der Waals surface area contributed by atoms with E-state index in [1.807, 2.05) is 6.07 Å². The van der Waals surface area contributed by atoms with Crippen molar-refractivity contribution in [1.29, 1.82) is 0 Å². The number of carbonyl (C=O) groups is 1. The maximum absolute atomic E-state index is 13.4. The number of benzene rings is 2. The van der Waals surface area contributed by atoms with E-state index in [4.69, 9.17) is 9.94 Å². The number of sulfonamides is 1. The zero-order chi connectivity index (χ0) is 20.0. The molecule has 2 rings (SSSR count). The second-order valence-electron chi connectivity index (χ2n) is 6.38. The summed E-state index contributed by atoms with van der Waals surface area (Å²) in [5, 5.41) is 9.15. The van der Waals surface area contributed by atoms with Crippen molar-refractivity contribution in [3.05, 3.63) is 60.2 Å². The van der Waals surface area contributed by atoms with Crippen molar-refractivity contribution in [2.75, 3.05) is 7.11 Å². The van der Waals surface area contributed by atoms with Crippen LogP contribution in [-0.4, -0.2) is 37.0 Å². The highest BCUT2D eigenvalue weighted by Gasteiger charge is 2.38. The highest BCUT2D eigenvalue weighted by Crippen LogP contribution is 2.27. The summed E-state index contributed by atoms with van der Waals surface area (Å²) in [5.41, 5.74) is 2.31. The first-order valence-corrected chi connectivity index (χ1v) is 9.89. The van der Waals surface area contributed by atoms with E-state index in [1.54, 1.807) is 55.7 Å². The third-order valence-electron chi connectivity index (χ3n) is 4.15. The van der Waals surface area contributed by atoms with E-state index in [0.29, 0.717) is 5.75 Å². The summed E-state index contributed by atoms with van der Waals surface area (Å²) >= 11 is 0. The van der Waals surface area contributed by atoms with Gasteiger partial charge >= 0.3 is 0 Å². The number of hydroxylamine groups is 1. The van der Waals surface area contributed by atoms with Crippen LogP contribution in [0.3, 0.4) is 0 Å². The SMILES string of the molecule is COc1cccc(S(=O)(=O)N(Cc2ccccc2)[C@@H](C(=O)NO)C(C)C)c1. The summed E-state index contributed by atoms with van der Waals surface area (Å²) in [5.74, 6) is -0.767. The summed E-state index contributed by atoms with van der Waals surface area (Å²) in [6, 6.07) is 13.9. The van der Waals surface area contributed by atoms with Crippen molar-refractivity contribution >= 4 is 15.9 Å². The first-order valence-electron chi connectivity index (χ1n) is 8.45. The number of nitrogens with one attached hydrogen (secondary N) is 1. The molecule has 27 heavy (non-hydrogen) atoms. The van der Waals surface area contributed by atoms with Crippen molar-refractivity contribution in [2.24, 2.45) is 5.92 Å². The Labute approximate surface area is 159 Å². The van der Waals surface area contributed by atoms with Crippen LogP contribution >= 0.6 is 0 Å². The fourth-order valence-corrected chi connectivity index (χ4v) is 4.57. The Morgan fingerprint density at radius 3 is 2.37 bits per heavy atom. The van der Waals surface area contributed by atoms with Crippen molar-refractivity contribution in [2.45, 2.75) is 31.3 Å². The summed E-state index contributed by atoms with van der Waals surface area (Å²) in [6.45, 7) is 3.43. The molecule has 0 unspecified atom stereocenters. The van der Waals surface area contributed by atoms with E-state index in [9.17, 15) is 13.2 Å². The lowest BCUT2D eigenvalue weighted by Crippen LogP contribution is -2.51. The molecule has 0 fully saturated rings. The monoisotopic (exact) mass is 392 g/mol. The molecule has 8 heteroatoms. The third kappa shape index (κ3) is 4.85. The van der Waals surface area contributed by atoms with Gasteiger partial charge in [-0.25, -0.2) is 13.9 Å². The van der Waals surface area contributed by atoms with E-state index in [2.05, 4.69) is 0 Å². The van der Waals surface area contributed by atoms with Crippen LogP contribution in [0.2, 0.25) is 0 Å². The average molecular weight is 392 g/mol. The van der Waals surface area contributed by atoms with Gasteiger partial charge in [-0.15, -0.1) is 0 Å². The van der Waals surface area contributed by atoms with Crippen LogP contribution in [0.25, 0.3) is 0 Å². The van der Waals surface area contributed by atoms with Gasteiger partial charge in [0.25, 0.3) is 5.91 Å². The number of carbonyl (C=O) groups excluding carboxylic acids is 1. The molecule has 0 saturated carbocycles. The van der Waals surface area contributed by atoms with Crippen LogP contribution in [-0.2, 0) is 21.4 Å². The number of nitrogens with zero attached hydrogens (tertiary/aromatic N) is 1. The second-order valence-corrected chi connectivity index (χ2v) is 8.27. The van der Waals surface area contributed by atoms with Crippen molar-refractivity contribution in [3.63, 3.8) is 0 Å². The molecule has 0 heterocycles. The molecule has 0 bridgehead atoms. The molecule has 7 nitrogen and oxygen atoms in total. The number of rotatable bonds is 8. The first-order chi connectivity index (χ1) is 12.8. The lowest BCUT2D eigenvalue weighted by Gasteiger charge is -2.32. The molecule has 1 amide bonds. The zero-order valence-corrected chi connectivity index (χ0v) is 16.3. The smallest absolute Gasteiger partial charge is 0.262 e. The second kappa shape index (κ2) is 8.98. The predicted molar refractivity (Wildman–Crippen MR) is 101 cm³/mol. The molecule has 0 aliphatic carbocycles. The molecular weight excluding hydrogens is 368 g/mol. The summed E-state index contributed by atoms with van der Waals surface area (Å²) in [4.78, 5) is 12.3. The highest BCUT2D eigenvalue weighted by atomic mass is 32.2. The van der Waals surface area contributed by atoms with Crippen molar-refractivity contribution in [1.82, 2.24) is 9.79 Å². The minimum absolute atomic E-state index is 0.00849. The van der Waals surface area contributed by atoms with Crippen LogP contribution in [0.5, 0.6) is 5.75 Å². The molecule has 2 aromatic rings. The molecule has 146 valence electrons. The van der Waals surface area contributed by atoms with E-state index in [1.165, 1.54) is 19.2 Å². The van der Waals surface area contributed by atoms with Gasteiger partial charge in [0, 0.05) is 12.6 Å². The van der Waals surface area contributed by atoms with Gasteiger partial charge in [-0.1, -0.05) is 50.2 Å². The third-order valence-corrected chi connectivity index (χ3v) is 5.97. The van der Waals surface area contributed by atoms with Gasteiger partial charge < -0.3 is 4.74 Å². The molecule has 0 saturated heterocycles. The maximum atomic E-state index is 13.4. The molecule has 2 aromatic carbocycles. The predicted octanol–water partition coefficient (Wildman–Crippen LogP) is 2.42. The lowest BCUT2D eigenvalue weighted by atomic mass is 10.0. The normalized spacial score (nSPS) is 12.8. The highest BCUT2D eigenvalue weighted by molar-refractivity contribution is 7.89. The van der Waals surface area contributed by atoms with Crippen LogP contribution in [0, 0.1) is 5.92 Å². The minimum Gasteiger partial charge on any atom is -0.497 e. The lowest BCUT2D eigenvalue weighted by molar-refractivity contribution is -0.134. The standard InChI is InChI=1S/C19H24N2O5S/c1-14(2)18(19(22)20-23)21(13-15-8-5-4-6-9-15)27(24,25)17-11-7-10-16(12-17)26-3/h4-12,14,18,23H,13H2,1-3H3,(H,20,22)/t18-/m1/s1. The number of amides is 1. The van der Waals surface area contributed by atoms with Gasteiger partial charge in [-0.2, -0.15) is 4.31 Å². The van der Waals surface area contributed by atoms with Gasteiger partial charge in [0.05, 0.1) is 12.0 Å². The molecule has 0 aromatic heterocycles. The van der Waals surface area contributed by atoms with E-state index < -0.39 is 22.0 Å². The largest absolute Gasteiger partial charge is 0.497 e. The van der Waals surface area contributed by atoms with Gasteiger partial charge in [0.2, 0.25) is 10.0 Å². The Hall–Kier alpha value is -2.42. The Kier molecular flexibility index (Phi) is 6.95. The quantitative estimate of drug-likeness (QED) is 0.531. The minimum atomic E-state index is -4.05. The zero-order valence-electron chi connectivity index (χ0n) is 15.5. The molecule has 0 aliphatic rings. The Morgan fingerprint density at radius 2 is 1.81 bits per heavy atom. The molecule has 0 aliphatic heterocycles. The molecule has 0 spiro atoms. The van der Waals surface area contributed by atoms with Crippen LogP contribution in [0.4, 0.5) is 0 Å². The van der Waals surface area contributed by atoms with Crippen molar-refractivity contribution < 1.29 is 23.2 Å². The summed E-state index contributed by atoms with van der Waals surface area (Å²) < 4.78 is 33.0.